The molecule has 3 rings (SSSR count). The van der Waals surface area contributed by atoms with Gasteiger partial charge in [-0.1, -0.05) is 0 Å². The summed E-state index contributed by atoms with van der Waals surface area (Å²) < 4.78 is 15.3. The molecule has 1 aromatic heterocycles. The summed E-state index contributed by atoms with van der Waals surface area (Å²) in [5.41, 5.74) is 1.94. The number of hydrogen-bond donors (Lipinski definition) is 1. The fraction of sp³-hybridized carbons (Fsp3) is 0.231. The van der Waals surface area contributed by atoms with Crippen molar-refractivity contribution in [1.82, 2.24) is 15.1 Å². The molecule has 2 aromatic rings. The third-order valence-corrected chi connectivity index (χ3v) is 3.91. The summed E-state index contributed by atoms with van der Waals surface area (Å²) in [6, 6.07) is 6.15. The van der Waals surface area contributed by atoms with Gasteiger partial charge in [0.1, 0.15) is 17.2 Å². The molecule has 1 amide bonds. The van der Waals surface area contributed by atoms with Gasteiger partial charge in [-0.25, -0.2) is 4.39 Å². The van der Waals surface area contributed by atoms with E-state index in [1.165, 1.54) is 12.1 Å². The zero-order valence-electron chi connectivity index (χ0n) is 10.2. The zero-order chi connectivity index (χ0) is 13.6. The quantitative estimate of drug-likeness (QED) is 0.877. The van der Waals surface area contributed by atoms with Crippen molar-refractivity contribution in [3.05, 3.63) is 40.2 Å². The molecular formula is C13H11BrFN3O. The largest absolute Gasteiger partial charge is 0.349 e. The lowest BCUT2D eigenvalue weighted by molar-refractivity contribution is 0.0911. The first kappa shape index (κ1) is 12.3. The Morgan fingerprint density at radius 1 is 1.42 bits per heavy atom. The van der Waals surface area contributed by atoms with E-state index < -0.39 is 0 Å². The molecule has 0 fully saturated rings. The van der Waals surface area contributed by atoms with E-state index in [9.17, 15) is 9.18 Å². The fourth-order valence-corrected chi connectivity index (χ4v) is 2.81. The Morgan fingerprint density at radius 3 is 2.74 bits per heavy atom. The van der Waals surface area contributed by atoms with Crippen LogP contribution in [0.25, 0.3) is 11.3 Å². The molecular weight excluding hydrogens is 313 g/mol. The summed E-state index contributed by atoms with van der Waals surface area (Å²) >= 11 is 3.42. The Labute approximate surface area is 117 Å². The van der Waals surface area contributed by atoms with Gasteiger partial charge in [0, 0.05) is 12.1 Å². The van der Waals surface area contributed by atoms with Crippen LogP contribution < -0.4 is 5.32 Å². The molecule has 2 heterocycles. The smallest absolute Gasteiger partial charge is 0.270 e. The zero-order valence-corrected chi connectivity index (χ0v) is 11.7. The average molecular weight is 324 g/mol. The van der Waals surface area contributed by atoms with Crippen LogP contribution in [0.5, 0.6) is 0 Å². The number of hydrogen-bond acceptors (Lipinski definition) is 2. The van der Waals surface area contributed by atoms with E-state index in [0.29, 0.717) is 22.4 Å². The standard InChI is InChI=1S/C13H11BrFN3O/c1-7-6-16-13(19)12-10(14)11(17-18(7)12)8-2-4-9(15)5-3-8/h2-5,7H,6H2,1H3,(H,16,19)/t7-/m1/s1. The lowest BCUT2D eigenvalue weighted by Gasteiger charge is -2.21. The first-order valence-electron chi connectivity index (χ1n) is 5.90. The molecule has 19 heavy (non-hydrogen) atoms. The van der Waals surface area contributed by atoms with E-state index in [4.69, 9.17) is 0 Å². The van der Waals surface area contributed by atoms with Crippen LogP contribution in [0.15, 0.2) is 28.7 Å². The summed E-state index contributed by atoms with van der Waals surface area (Å²) in [6.45, 7) is 2.54. The van der Waals surface area contributed by atoms with Crippen molar-refractivity contribution in [3.63, 3.8) is 0 Å². The lowest BCUT2D eigenvalue weighted by Crippen LogP contribution is -2.38. The van der Waals surface area contributed by atoms with Crippen molar-refractivity contribution in [1.29, 1.82) is 0 Å². The normalized spacial score (nSPS) is 18.1. The maximum atomic E-state index is 13.0. The molecule has 0 aliphatic carbocycles. The Balaban J connectivity index is 2.16. The molecule has 1 aliphatic rings. The minimum Gasteiger partial charge on any atom is -0.349 e. The predicted octanol–water partition coefficient (Wildman–Crippen LogP) is 2.76. The number of rotatable bonds is 1. The van der Waals surface area contributed by atoms with E-state index >= 15 is 0 Å². The van der Waals surface area contributed by atoms with E-state index in [0.717, 1.165) is 5.56 Å². The number of benzene rings is 1. The number of fused-ring (bicyclic) bond motifs is 1. The summed E-state index contributed by atoms with van der Waals surface area (Å²) in [6.07, 6.45) is 0. The van der Waals surface area contributed by atoms with Gasteiger partial charge in [0.2, 0.25) is 0 Å². The van der Waals surface area contributed by atoms with Crippen LogP contribution in [0.1, 0.15) is 23.5 Å². The molecule has 0 radical (unpaired) electrons. The Bertz CT molecular complexity index is 651. The third-order valence-electron chi connectivity index (χ3n) is 3.16. The van der Waals surface area contributed by atoms with Crippen molar-refractivity contribution in [2.45, 2.75) is 13.0 Å². The molecule has 1 atom stereocenters. The average Bonchev–Trinajstić information content (AvgIpc) is 2.74. The second kappa shape index (κ2) is 4.45. The van der Waals surface area contributed by atoms with Crippen LogP contribution in [0.4, 0.5) is 4.39 Å². The minimum absolute atomic E-state index is 0.0956. The molecule has 1 aromatic carbocycles. The molecule has 98 valence electrons. The van der Waals surface area contributed by atoms with Gasteiger partial charge in [-0.2, -0.15) is 5.10 Å². The molecule has 0 unspecified atom stereocenters. The van der Waals surface area contributed by atoms with Gasteiger partial charge < -0.3 is 5.32 Å². The van der Waals surface area contributed by atoms with Crippen molar-refractivity contribution in [3.8, 4) is 11.3 Å². The highest BCUT2D eigenvalue weighted by Gasteiger charge is 2.29. The Kier molecular flexibility index (Phi) is 2.89. The maximum absolute atomic E-state index is 13.0. The summed E-state index contributed by atoms with van der Waals surface area (Å²) in [7, 11) is 0. The van der Waals surface area contributed by atoms with E-state index in [2.05, 4.69) is 26.3 Å². The highest BCUT2D eigenvalue weighted by molar-refractivity contribution is 9.10. The Morgan fingerprint density at radius 2 is 2.11 bits per heavy atom. The number of nitrogens with one attached hydrogen (secondary N) is 1. The van der Waals surface area contributed by atoms with Crippen molar-refractivity contribution >= 4 is 21.8 Å². The number of nitrogens with zero attached hydrogens (tertiary/aromatic N) is 2. The molecule has 0 saturated heterocycles. The first-order chi connectivity index (χ1) is 9.08. The van der Waals surface area contributed by atoms with Gasteiger partial charge in [-0.3, -0.25) is 9.48 Å². The van der Waals surface area contributed by atoms with Crippen molar-refractivity contribution < 1.29 is 9.18 Å². The van der Waals surface area contributed by atoms with Gasteiger partial charge in [0.15, 0.2) is 0 Å². The van der Waals surface area contributed by atoms with Gasteiger partial charge in [-0.05, 0) is 47.1 Å². The molecule has 0 spiro atoms. The summed E-state index contributed by atoms with van der Waals surface area (Å²) in [5.74, 6) is -0.444. The van der Waals surface area contributed by atoms with Gasteiger partial charge in [-0.15, -0.1) is 0 Å². The van der Waals surface area contributed by atoms with Crippen LogP contribution in [0.2, 0.25) is 0 Å². The van der Waals surface area contributed by atoms with Crippen LogP contribution in [-0.4, -0.2) is 22.2 Å². The fourth-order valence-electron chi connectivity index (χ4n) is 2.14. The molecule has 0 saturated carbocycles. The Hall–Kier alpha value is -1.69. The van der Waals surface area contributed by atoms with Crippen molar-refractivity contribution in [2.24, 2.45) is 0 Å². The van der Waals surface area contributed by atoms with Crippen molar-refractivity contribution in [2.75, 3.05) is 6.54 Å². The monoisotopic (exact) mass is 323 g/mol. The highest BCUT2D eigenvalue weighted by atomic mass is 79.9. The lowest BCUT2D eigenvalue weighted by atomic mass is 10.1. The topological polar surface area (TPSA) is 46.9 Å². The summed E-state index contributed by atoms with van der Waals surface area (Å²) in [5, 5.41) is 7.28. The van der Waals surface area contributed by atoms with Gasteiger partial charge in [0.05, 0.1) is 10.5 Å². The van der Waals surface area contributed by atoms with Crippen LogP contribution in [0.3, 0.4) is 0 Å². The maximum Gasteiger partial charge on any atom is 0.270 e. The molecule has 1 aliphatic heterocycles. The first-order valence-corrected chi connectivity index (χ1v) is 6.69. The minimum atomic E-state index is -0.296. The second-order valence-electron chi connectivity index (χ2n) is 4.52. The van der Waals surface area contributed by atoms with Crippen LogP contribution >= 0.6 is 15.9 Å². The van der Waals surface area contributed by atoms with Crippen LogP contribution in [0, 0.1) is 5.82 Å². The number of aromatic nitrogens is 2. The number of carbonyl (C=O) groups is 1. The summed E-state index contributed by atoms with van der Waals surface area (Å²) in [4.78, 5) is 11.9. The van der Waals surface area contributed by atoms with Crippen LogP contribution in [-0.2, 0) is 0 Å². The molecule has 1 N–H and O–H groups in total. The molecule has 4 nitrogen and oxygen atoms in total. The number of amides is 1. The van der Waals surface area contributed by atoms with E-state index in [1.807, 2.05) is 6.92 Å². The molecule has 0 bridgehead atoms. The number of carbonyl (C=O) groups excluding carboxylic acids is 1. The van der Waals surface area contributed by atoms with Gasteiger partial charge in [0.25, 0.3) is 5.91 Å². The SMILES string of the molecule is C[C@@H]1CNC(=O)c2c(Br)c(-c3ccc(F)cc3)nn21. The molecule has 6 heteroatoms. The van der Waals surface area contributed by atoms with Gasteiger partial charge >= 0.3 is 0 Å². The van der Waals surface area contributed by atoms with E-state index in [1.54, 1.807) is 16.8 Å². The van der Waals surface area contributed by atoms with E-state index in [-0.39, 0.29) is 17.8 Å². The third kappa shape index (κ3) is 1.96. The number of halogens is 2. The predicted molar refractivity (Wildman–Crippen MR) is 72.4 cm³/mol. The second-order valence-corrected chi connectivity index (χ2v) is 5.31. The highest BCUT2D eigenvalue weighted by Crippen LogP contribution is 2.33.